The van der Waals surface area contributed by atoms with E-state index in [0.29, 0.717) is 10.6 Å². The van der Waals surface area contributed by atoms with E-state index in [0.717, 1.165) is 6.26 Å². The first-order valence-corrected chi connectivity index (χ1v) is 8.13. The number of benzene rings is 1. The standard InChI is InChI=1S/C11H15FO3S2/c1-8(13)11-9(12)4-3-5-10(11)16-6-7-17(2,14)15/h3-5,8,13H,6-7H2,1-2H3. The molecule has 1 N–H and O–H groups in total. The van der Waals surface area contributed by atoms with Gasteiger partial charge in [-0.3, -0.25) is 0 Å². The van der Waals surface area contributed by atoms with Crippen LogP contribution in [0.15, 0.2) is 23.1 Å². The molecular weight excluding hydrogens is 263 g/mol. The van der Waals surface area contributed by atoms with Crippen molar-refractivity contribution in [2.24, 2.45) is 0 Å². The fourth-order valence-corrected chi connectivity index (χ4v) is 3.71. The minimum absolute atomic E-state index is 0.0351. The highest BCUT2D eigenvalue weighted by Crippen LogP contribution is 2.29. The third-order valence-corrected chi connectivity index (χ3v) is 4.42. The van der Waals surface area contributed by atoms with Crippen LogP contribution in [0.5, 0.6) is 0 Å². The van der Waals surface area contributed by atoms with Gasteiger partial charge in [0.2, 0.25) is 0 Å². The van der Waals surface area contributed by atoms with Crippen LogP contribution in [0.4, 0.5) is 4.39 Å². The molecule has 0 aromatic heterocycles. The van der Waals surface area contributed by atoms with Gasteiger partial charge in [-0.1, -0.05) is 6.07 Å². The maximum atomic E-state index is 13.5. The third-order valence-electron chi connectivity index (χ3n) is 2.14. The molecule has 0 saturated heterocycles. The average Bonchev–Trinajstić information content (AvgIpc) is 2.14. The van der Waals surface area contributed by atoms with E-state index < -0.39 is 21.8 Å². The summed E-state index contributed by atoms with van der Waals surface area (Å²) in [6.07, 6.45) is 0.256. The fourth-order valence-electron chi connectivity index (χ4n) is 1.35. The van der Waals surface area contributed by atoms with Crippen molar-refractivity contribution in [3.8, 4) is 0 Å². The second-order valence-corrected chi connectivity index (χ2v) is 7.20. The summed E-state index contributed by atoms with van der Waals surface area (Å²) in [6, 6.07) is 4.50. The Kier molecular flexibility index (Phi) is 4.97. The summed E-state index contributed by atoms with van der Waals surface area (Å²) in [5, 5.41) is 9.47. The SMILES string of the molecule is CC(O)c1c(F)cccc1SCCS(C)(=O)=O. The molecule has 1 aromatic carbocycles. The summed E-state index contributed by atoms with van der Waals surface area (Å²) < 4.78 is 35.4. The zero-order valence-electron chi connectivity index (χ0n) is 9.68. The molecule has 0 amide bonds. The van der Waals surface area contributed by atoms with Crippen molar-refractivity contribution < 1.29 is 17.9 Å². The van der Waals surface area contributed by atoms with Crippen LogP contribution in [-0.4, -0.2) is 31.3 Å². The largest absolute Gasteiger partial charge is 0.389 e. The Hall–Kier alpha value is -0.590. The van der Waals surface area contributed by atoms with Gasteiger partial charge in [-0.25, -0.2) is 12.8 Å². The molecule has 0 aliphatic carbocycles. The average molecular weight is 278 g/mol. The maximum Gasteiger partial charge on any atom is 0.148 e. The molecule has 17 heavy (non-hydrogen) atoms. The number of aliphatic hydroxyl groups excluding tert-OH is 1. The van der Waals surface area contributed by atoms with Gasteiger partial charge in [0.1, 0.15) is 15.7 Å². The molecule has 3 nitrogen and oxygen atoms in total. The summed E-state index contributed by atoms with van der Waals surface area (Å²) in [7, 11) is -3.01. The predicted octanol–water partition coefficient (Wildman–Crippen LogP) is 2.02. The molecule has 1 unspecified atom stereocenters. The molecule has 0 spiro atoms. The Balaban J connectivity index is 2.81. The molecule has 0 aliphatic rings. The molecule has 0 fully saturated rings. The normalized spacial score (nSPS) is 13.6. The van der Waals surface area contributed by atoms with Gasteiger partial charge in [0.05, 0.1) is 11.9 Å². The molecule has 0 aliphatic heterocycles. The zero-order chi connectivity index (χ0) is 13.1. The number of sulfone groups is 1. The number of halogens is 1. The van der Waals surface area contributed by atoms with E-state index in [-0.39, 0.29) is 11.3 Å². The van der Waals surface area contributed by atoms with Crippen molar-refractivity contribution >= 4 is 21.6 Å². The van der Waals surface area contributed by atoms with Crippen molar-refractivity contribution in [3.63, 3.8) is 0 Å². The van der Waals surface area contributed by atoms with Crippen molar-refractivity contribution in [1.82, 2.24) is 0 Å². The summed E-state index contributed by atoms with van der Waals surface area (Å²) in [5.74, 6) is -0.0838. The first kappa shape index (κ1) is 14.5. The summed E-state index contributed by atoms with van der Waals surface area (Å²) >= 11 is 1.24. The Bertz CT molecular complexity index is 483. The van der Waals surface area contributed by atoms with Gasteiger partial charge in [-0.15, -0.1) is 11.8 Å². The van der Waals surface area contributed by atoms with Gasteiger partial charge >= 0.3 is 0 Å². The first-order chi connectivity index (χ1) is 7.81. The summed E-state index contributed by atoms with van der Waals surface area (Å²) in [4.78, 5) is 0.587. The first-order valence-electron chi connectivity index (χ1n) is 5.08. The Morgan fingerprint density at radius 3 is 2.65 bits per heavy atom. The lowest BCUT2D eigenvalue weighted by Crippen LogP contribution is -2.06. The second kappa shape index (κ2) is 5.84. The maximum absolute atomic E-state index is 13.5. The van der Waals surface area contributed by atoms with E-state index in [4.69, 9.17) is 0 Å². The number of rotatable bonds is 5. The zero-order valence-corrected chi connectivity index (χ0v) is 11.3. The Morgan fingerprint density at radius 1 is 1.47 bits per heavy atom. The molecule has 0 saturated carbocycles. The quantitative estimate of drug-likeness (QED) is 0.837. The van der Waals surface area contributed by atoms with Crippen LogP contribution in [0.3, 0.4) is 0 Å². The number of aliphatic hydroxyl groups is 1. The minimum atomic E-state index is -3.01. The van der Waals surface area contributed by atoms with Crippen LogP contribution >= 0.6 is 11.8 Å². The third kappa shape index (κ3) is 4.65. The smallest absolute Gasteiger partial charge is 0.148 e. The topological polar surface area (TPSA) is 54.4 Å². The van der Waals surface area contributed by atoms with E-state index in [1.165, 1.54) is 24.8 Å². The number of hydrogen-bond donors (Lipinski definition) is 1. The van der Waals surface area contributed by atoms with Gasteiger partial charge in [-0.2, -0.15) is 0 Å². The van der Waals surface area contributed by atoms with Crippen molar-refractivity contribution in [3.05, 3.63) is 29.6 Å². The predicted molar refractivity (Wildman–Crippen MR) is 67.5 cm³/mol. The highest BCUT2D eigenvalue weighted by molar-refractivity contribution is 8.00. The highest BCUT2D eigenvalue weighted by atomic mass is 32.2. The number of thioether (sulfide) groups is 1. The van der Waals surface area contributed by atoms with Crippen LogP contribution in [0.1, 0.15) is 18.6 Å². The lowest BCUT2D eigenvalue weighted by molar-refractivity contribution is 0.191. The lowest BCUT2D eigenvalue weighted by atomic mass is 10.1. The monoisotopic (exact) mass is 278 g/mol. The van der Waals surface area contributed by atoms with E-state index >= 15 is 0 Å². The van der Waals surface area contributed by atoms with Crippen molar-refractivity contribution in [2.45, 2.75) is 17.9 Å². The summed E-state index contributed by atoms with van der Waals surface area (Å²) in [6.45, 7) is 1.49. The summed E-state index contributed by atoms with van der Waals surface area (Å²) in [5.41, 5.74) is 0.228. The molecule has 0 heterocycles. The molecule has 0 radical (unpaired) electrons. The molecule has 1 atom stereocenters. The van der Waals surface area contributed by atoms with Crippen molar-refractivity contribution in [2.75, 3.05) is 17.8 Å². The minimum Gasteiger partial charge on any atom is -0.389 e. The Labute approximate surface area is 105 Å². The molecular formula is C11H15FO3S2. The van der Waals surface area contributed by atoms with Crippen LogP contribution in [-0.2, 0) is 9.84 Å². The number of hydrogen-bond acceptors (Lipinski definition) is 4. The molecule has 1 rings (SSSR count). The molecule has 96 valence electrons. The van der Waals surface area contributed by atoms with Crippen LogP contribution in [0.2, 0.25) is 0 Å². The fraction of sp³-hybridized carbons (Fsp3) is 0.455. The van der Waals surface area contributed by atoms with Gasteiger partial charge in [0.15, 0.2) is 0 Å². The van der Waals surface area contributed by atoms with Crippen LogP contribution < -0.4 is 0 Å². The van der Waals surface area contributed by atoms with E-state index in [9.17, 15) is 17.9 Å². The van der Waals surface area contributed by atoms with Crippen LogP contribution in [0.25, 0.3) is 0 Å². The van der Waals surface area contributed by atoms with E-state index in [2.05, 4.69) is 0 Å². The Morgan fingerprint density at radius 2 is 2.12 bits per heavy atom. The lowest BCUT2D eigenvalue weighted by Gasteiger charge is -2.12. The van der Waals surface area contributed by atoms with Gasteiger partial charge in [-0.05, 0) is 19.1 Å². The van der Waals surface area contributed by atoms with Crippen LogP contribution in [0, 0.1) is 5.82 Å². The van der Waals surface area contributed by atoms with Gasteiger partial charge in [0.25, 0.3) is 0 Å². The van der Waals surface area contributed by atoms with E-state index in [1.54, 1.807) is 12.1 Å². The van der Waals surface area contributed by atoms with Crippen molar-refractivity contribution in [1.29, 1.82) is 0 Å². The van der Waals surface area contributed by atoms with E-state index in [1.807, 2.05) is 0 Å². The van der Waals surface area contributed by atoms with Gasteiger partial charge in [0, 0.05) is 22.5 Å². The molecule has 1 aromatic rings. The highest BCUT2D eigenvalue weighted by Gasteiger charge is 2.14. The molecule has 6 heteroatoms. The van der Waals surface area contributed by atoms with Gasteiger partial charge < -0.3 is 5.11 Å². The molecule has 0 bridgehead atoms. The second-order valence-electron chi connectivity index (χ2n) is 3.81.